The van der Waals surface area contributed by atoms with Crippen molar-refractivity contribution >= 4 is 23.5 Å². The van der Waals surface area contributed by atoms with E-state index < -0.39 is 11.7 Å². The Bertz CT molecular complexity index is 1330. The molecule has 40 heavy (non-hydrogen) atoms. The first kappa shape index (κ1) is 29.1. The summed E-state index contributed by atoms with van der Waals surface area (Å²) in [5, 5.41) is 10.3. The lowest BCUT2D eigenvalue weighted by molar-refractivity contribution is 0.000149. The predicted molar refractivity (Wildman–Crippen MR) is 157 cm³/mol. The Kier molecular flexibility index (Phi) is 8.83. The molecule has 2 heterocycles. The largest absolute Gasteiger partial charge is 0.488 e. The van der Waals surface area contributed by atoms with Crippen molar-refractivity contribution in [1.29, 1.82) is 0 Å². The number of aryl methyl sites for hydroxylation is 4. The number of amides is 2. The molecule has 9 heteroatoms. The Morgan fingerprint density at radius 3 is 2.38 bits per heavy atom. The number of carbonyl (C=O) groups excluding carboxylic acids is 2. The lowest BCUT2D eigenvalue weighted by Gasteiger charge is -2.41. The fraction of sp³-hybridized carbons (Fsp3) is 0.452. The molecule has 1 aromatic heterocycles. The lowest BCUT2D eigenvalue weighted by atomic mass is 10.0. The first-order valence-electron chi connectivity index (χ1n) is 13.8. The van der Waals surface area contributed by atoms with Gasteiger partial charge in [0.1, 0.15) is 23.3 Å². The molecular weight excluding hydrogens is 506 g/mol. The van der Waals surface area contributed by atoms with Gasteiger partial charge in [0.05, 0.1) is 5.69 Å². The molecule has 9 nitrogen and oxygen atoms in total. The van der Waals surface area contributed by atoms with Gasteiger partial charge >= 0.3 is 6.09 Å². The van der Waals surface area contributed by atoms with Crippen LogP contribution in [0.15, 0.2) is 48.5 Å². The summed E-state index contributed by atoms with van der Waals surface area (Å²) in [7, 11) is 1.81. The van der Waals surface area contributed by atoms with Crippen molar-refractivity contribution in [2.75, 3.05) is 23.7 Å². The van der Waals surface area contributed by atoms with Gasteiger partial charge in [-0.1, -0.05) is 6.07 Å². The van der Waals surface area contributed by atoms with Crippen LogP contribution >= 0.6 is 0 Å². The van der Waals surface area contributed by atoms with E-state index in [0.29, 0.717) is 29.5 Å². The third-order valence-corrected chi connectivity index (χ3v) is 6.84. The number of benzene rings is 2. The van der Waals surface area contributed by atoms with Crippen molar-refractivity contribution in [2.24, 2.45) is 7.05 Å². The maximum atomic E-state index is 12.9. The maximum Gasteiger partial charge on any atom is 0.412 e. The van der Waals surface area contributed by atoms with Crippen molar-refractivity contribution in [3.8, 4) is 5.75 Å². The Morgan fingerprint density at radius 2 is 1.73 bits per heavy atom. The molecular formula is C31H41N5O4. The van der Waals surface area contributed by atoms with Gasteiger partial charge in [-0.25, -0.2) is 4.79 Å². The van der Waals surface area contributed by atoms with E-state index in [9.17, 15) is 9.59 Å². The molecule has 214 valence electrons. The molecule has 1 saturated heterocycles. The molecule has 1 aliphatic rings. The van der Waals surface area contributed by atoms with Crippen LogP contribution in [0.3, 0.4) is 0 Å². The third kappa shape index (κ3) is 7.85. The quantitative estimate of drug-likeness (QED) is 0.363. The minimum atomic E-state index is -0.562. The van der Waals surface area contributed by atoms with Crippen LogP contribution in [0.25, 0.3) is 0 Å². The van der Waals surface area contributed by atoms with Crippen LogP contribution in [0.4, 0.5) is 16.3 Å². The fourth-order valence-electron chi connectivity index (χ4n) is 4.50. The summed E-state index contributed by atoms with van der Waals surface area (Å²) in [6.07, 6.45) is 1.13. The number of aromatic nitrogens is 2. The highest BCUT2D eigenvalue weighted by Crippen LogP contribution is 2.22. The van der Waals surface area contributed by atoms with E-state index in [-0.39, 0.29) is 12.0 Å². The normalized spacial score (nSPS) is 14.1. The molecule has 2 N–H and O–H groups in total. The van der Waals surface area contributed by atoms with Crippen molar-refractivity contribution in [3.63, 3.8) is 0 Å². The van der Waals surface area contributed by atoms with Crippen LogP contribution < -0.4 is 15.4 Å². The Balaban J connectivity index is 1.31. The summed E-state index contributed by atoms with van der Waals surface area (Å²) in [6, 6.07) is 15.5. The topological polar surface area (TPSA) is 97.7 Å². The molecule has 2 amide bonds. The van der Waals surface area contributed by atoms with E-state index in [4.69, 9.17) is 9.47 Å². The average Bonchev–Trinajstić information content (AvgIpc) is 3.19. The molecule has 0 atom stereocenters. The number of likely N-dealkylation sites (tertiary alicyclic amines) is 1. The first-order valence-corrected chi connectivity index (χ1v) is 13.8. The van der Waals surface area contributed by atoms with E-state index in [1.807, 2.05) is 71.1 Å². The Labute approximate surface area is 236 Å². The number of rotatable bonds is 9. The van der Waals surface area contributed by atoms with Crippen LogP contribution in [-0.4, -0.2) is 57.5 Å². The number of nitrogens with one attached hydrogen (secondary N) is 2. The fourth-order valence-corrected chi connectivity index (χ4v) is 4.50. The number of carbonyl (C=O) groups is 2. The zero-order chi connectivity index (χ0) is 29.0. The molecule has 0 spiro atoms. The van der Waals surface area contributed by atoms with E-state index in [1.54, 1.807) is 16.8 Å². The summed E-state index contributed by atoms with van der Waals surface area (Å²) in [4.78, 5) is 27.4. The van der Waals surface area contributed by atoms with Gasteiger partial charge < -0.3 is 14.8 Å². The van der Waals surface area contributed by atoms with Gasteiger partial charge in [0.2, 0.25) is 0 Å². The monoisotopic (exact) mass is 547 g/mol. The molecule has 4 rings (SSSR count). The van der Waals surface area contributed by atoms with Gasteiger partial charge in [-0.3, -0.25) is 19.7 Å². The molecule has 0 radical (unpaired) electrons. The minimum absolute atomic E-state index is 0.197. The standard InChI is InChI=1S/C31H41N5O4/c1-20(2)36-18-27(19-36)39-26-14-10-22(11-15-26)29(37)33-28-17-25(34-35(28)7)13-9-23-16-24(12-8-21(23)3)32-30(38)40-31(4,5)6/h8,10-12,14-17,20,27H,9,13,18-19H2,1-7H3,(H,32,38)(H,33,37). The second-order valence-corrected chi connectivity index (χ2v) is 11.7. The highest BCUT2D eigenvalue weighted by Gasteiger charge is 2.30. The summed E-state index contributed by atoms with van der Waals surface area (Å²) >= 11 is 0. The van der Waals surface area contributed by atoms with E-state index in [2.05, 4.69) is 34.5 Å². The van der Waals surface area contributed by atoms with E-state index in [0.717, 1.165) is 42.1 Å². The highest BCUT2D eigenvalue weighted by atomic mass is 16.6. The molecule has 0 saturated carbocycles. The van der Waals surface area contributed by atoms with Gasteiger partial charge in [0, 0.05) is 43.5 Å². The second kappa shape index (κ2) is 12.1. The van der Waals surface area contributed by atoms with Crippen LogP contribution in [0.2, 0.25) is 0 Å². The average molecular weight is 548 g/mol. The number of hydrogen-bond donors (Lipinski definition) is 2. The third-order valence-electron chi connectivity index (χ3n) is 6.84. The molecule has 1 fully saturated rings. The minimum Gasteiger partial charge on any atom is -0.488 e. The molecule has 0 bridgehead atoms. The number of anilines is 2. The van der Waals surface area contributed by atoms with E-state index >= 15 is 0 Å². The number of nitrogens with zero attached hydrogens (tertiary/aromatic N) is 3. The second-order valence-electron chi connectivity index (χ2n) is 11.7. The number of hydrogen-bond acceptors (Lipinski definition) is 6. The van der Waals surface area contributed by atoms with Gasteiger partial charge in [-0.2, -0.15) is 5.10 Å². The van der Waals surface area contributed by atoms with Crippen molar-refractivity contribution in [3.05, 3.63) is 70.9 Å². The molecule has 2 aromatic carbocycles. The van der Waals surface area contributed by atoms with Gasteiger partial charge in [-0.05, 0) is 102 Å². The molecule has 3 aromatic rings. The van der Waals surface area contributed by atoms with Gasteiger partial charge in [0.25, 0.3) is 5.91 Å². The van der Waals surface area contributed by atoms with E-state index in [1.165, 1.54) is 0 Å². The maximum absolute atomic E-state index is 12.9. The SMILES string of the molecule is Cc1ccc(NC(=O)OC(C)(C)C)cc1CCc1cc(NC(=O)c2ccc(OC3CN(C(C)C)C3)cc2)n(C)n1. The van der Waals surface area contributed by atoms with Crippen LogP contribution in [0, 0.1) is 6.92 Å². The summed E-state index contributed by atoms with van der Waals surface area (Å²) in [5.41, 5.74) is 3.77. The Hall–Kier alpha value is -3.85. The Morgan fingerprint density at radius 1 is 1.02 bits per heavy atom. The lowest BCUT2D eigenvalue weighted by Crippen LogP contribution is -2.56. The highest BCUT2D eigenvalue weighted by molar-refractivity contribution is 6.03. The van der Waals surface area contributed by atoms with Crippen molar-refractivity contribution in [2.45, 2.75) is 72.1 Å². The van der Waals surface area contributed by atoms with Gasteiger partial charge in [-0.15, -0.1) is 0 Å². The number of ether oxygens (including phenoxy) is 2. The van der Waals surface area contributed by atoms with Crippen LogP contribution in [-0.2, 0) is 24.6 Å². The first-order chi connectivity index (χ1) is 18.9. The summed E-state index contributed by atoms with van der Waals surface area (Å²) in [6.45, 7) is 13.8. The zero-order valence-corrected chi connectivity index (χ0v) is 24.6. The van der Waals surface area contributed by atoms with Crippen LogP contribution in [0.5, 0.6) is 5.75 Å². The van der Waals surface area contributed by atoms with Crippen LogP contribution in [0.1, 0.15) is 61.8 Å². The van der Waals surface area contributed by atoms with Crippen molar-refractivity contribution < 1.29 is 19.1 Å². The van der Waals surface area contributed by atoms with Gasteiger partial charge in [0.15, 0.2) is 0 Å². The summed E-state index contributed by atoms with van der Waals surface area (Å²) in [5.74, 6) is 1.20. The summed E-state index contributed by atoms with van der Waals surface area (Å²) < 4.78 is 13.0. The van der Waals surface area contributed by atoms with Crippen molar-refractivity contribution in [1.82, 2.24) is 14.7 Å². The smallest absolute Gasteiger partial charge is 0.412 e. The zero-order valence-electron chi connectivity index (χ0n) is 24.6. The molecule has 1 aliphatic heterocycles. The predicted octanol–water partition coefficient (Wildman–Crippen LogP) is 5.58. The molecule has 0 aliphatic carbocycles. The molecule has 0 unspecified atom stereocenters.